The van der Waals surface area contributed by atoms with Gasteiger partial charge in [-0.15, -0.1) is 0 Å². The van der Waals surface area contributed by atoms with E-state index in [0.29, 0.717) is 17.3 Å². The van der Waals surface area contributed by atoms with Crippen molar-refractivity contribution in [3.05, 3.63) is 35.4 Å². The van der Waals surface area contributed by atoms with Gasteiger partial charge in [-0.1, -0.05) is 40.2 Å². The van der Waals surface area contributed by atoms with Gasteiger partial charge in [-0.3, -0.25) is 9.69 Å². The quantitative estimate of drug-likeness (QED) is 0.623. The topological polar surface area (TPSA) is 23.6 Å². The first kappa shape index (κ1) is 14.2. The maximum Gasteiger partial charge on any atom is 0.176 e. The average Bonchev–Trinajstić information content (AvgIpc) is 3.19. The first-order chi connectivity index (χ1) is 9.63. The predicted octanol–water partition coefficient (Wildman–Crippen LogP) is 2.37. The number of nitrogens with zero attached hydrogens (tertiary/aromatic N) is 2. The van der Waals surface area contributed by atoms with Crippen molar-refractivity contribution in [3.63, 3.8) is 0 Å². The Hall–Kier alpha value is -0.710. The lowest BCUT2D eigenvalue weighted by Crippen LogP contribution is -2.46. The number of alkyl halides is 1. The zero-order valence-corrected chi connectivity index (χ0v) is 13.5. The minimum Gasteiger partial charge on any atom is -0.304 e. The van der Waals surface area contributed by atoms with Gasteiger partial charge in [0, 0.05) is 36.6 Å². The fourth-order valence-electron chi connectivity index (χ4n) is 2.73. The first-order valence-corrected chi connectivity index (χ1v) is 8.23. The van der Waals surface area contributed by atoms with Crippen molar-refractivity contribution in [2.45, 2.75) is 17.2 Å². The summed E-state index contributed by atoms with van der Waals surface area (Å²) in [5.74, 6) is 0.893. The molecule has 0 unspecified atom stereocenters. The van der Waals surface area contributed by atoms with Gasteiger partial charge in [-0.25, -0.2) is 0 Å². The Bertz CT molecular complexity index is 480. The molecule has 1 saturated carbocycles. The molecular weight excluding hydrogens is 316 g/mol. The molecular formula is C16H21BrN2O. The third-order valence-corrected chi connectivity index (χ3v) is 5.35. The number of halogens is 1. The van der Waals surface area contributed by atoms with Crippen LogP contribution in [0.3, 0.4) is 0 Å². The van der Waals surface area contributed by atoms with Crippen LogP contribution in [-0.4, -0.2) is 60.2 Å². The van der Waals surface area contributed by atoms with Crippen LogP contribution < -0.4 is 0 Å². The van der Waals surface area contributed by atoms with Crippen LogP contribution in [-0.2, 0) is 0 Å². The van der Waals surface area contributed by atoms with Crippen LogP contribution >= 0.6 is 15.9 Å². The first-order valence-electron chi connectivity index (χ1n) is 7.31. The van der Waals surface area contributed by atoms with Gasteiger partial charge < -0.3 is 4.90 Å². The number of carbonyl (C=O) groups is 1. The molecule has 0 bridgehead atoms. The number of piperazine rings is 1. The molecule has 0 amide bonds. The summed E-state index contributed by atoms with van der Waals surface area (Å²) in [4.78, 5) is 17.5. The zero-order valence-electron chi connectivity index (χ0n) is 11.9. The summed E-state index contributed by atoms with van der Waals surface area (Å²) in [6.07, 6.45) is 1.22. The molecule has 20 heavy (non-hydrogen) atoms. The van der Waals surface area contributed by atoms with Crippen LogP contribution in [0.15, 0.2) is 24.3 Å². The van der Waals surface area contributed by atoms with E-state index in [1.54, 1.807) is 0 Å². The van der Waals surface area contributed by atoms with Gasteiger partial charge in [-0.05, 0) is 24.9 Å². The molecule has 0 aromatic heterocycles. The highest BCUT2D eigenvalue weighted by molar-refractivity contribution is 9.09. The molecule has 2 atom stereocenters. The van der Waals surface area contributed by atoms with Gasteiger partial charge in [0.15, 0.2) is 5.78 Å². The molecule has 1 aromatic rings. The fraction of sp³-hybridized carbons (Fsp3) is 0.562. The Balaban J connectivity index is 1.57. The molecule has 4 heteroatoms. The van der Waals surface area contributed by atoms with Crippen molar-refractivity contribution in [2.24, 2.45) is 0 Å². The summed E-state index contributed by atoms with van der Waals surface area (Å²) < 4.78 is 0. The molecule has 1 saturated heterocycles. The Labute approximate surface area is 129 Å². The molecule has 2 fully saturated rings. The highest BCUT2D eigenvalue weighted by Crippen LogP contribution is 2.46. The molecule has 3 nitrogen and oxygen atoms in total. The summed E-state index contributed by atoms with van der Waals surface area (Å²) in [5, 5.41) is 0. The number of rotatable bonds is 4. The van der Waals surface area contributed by atoms with Crippen molar-refractivity contribution < 1.29 is 4.79 Å². The number of ketones is 1. The van der Waals surface area contributed by atoms with E-state index in [1.165, 1.54) is 12.0 Å². The van der Waals surface area contributed by atoms with Crippen LogP contribution in [0.4, 0.5) is 0 Å². The van der Waals surface area contributed by atoms with Crippen molar-refractivity contribution in [2.75, 3.05) is 39.8 Å². The summed E-state index contributed by atoms with van der Waals surface area (Å²) in [6.45, 7) is 4.65. The van der Waals surface area contributed by atoms with Gasteiger partial charge in [0.2, 0.25) is 0 Å². The van der Waals surface area contributed by atoms with E-state index in [-0.39, 0.29) is 5.78 Å². The maximum absolute atomic E-state index is 12.3. The minimum atomic E-state index is 0.243. The molecule has 108 valence electrons. The van der Waals surface area contributed by atoms with Crippen molar-refractivity contribution >= 4 is 21.7 Å². The zero-order chi connectivity index (χ0) is 14.1. The Morgan fingerprint density at radius 3 is 2.35 bits per heavy atom. The molecule has 1 aliphatic carbocycles. The van der Waals surface area contributed by atoms with E-state index >= 15 is 0 Å². The van der Waals surface area contributed by atoms with Crippen molar-refractivity contribution in [1.29, 1.82) is 0 Å². The molecule has 0 radical (unpaired) electrons. The van der Waals surface area contributed by atoms with Crippen LogP contribution in [0.5, 0.6) is 0 Å². The largest absolute Gasteiger partial charge is 0.304 e. The standard InChI is InChI=1S/C16H21BrN2O/c1-18-6-8-19(9-7-18)11-16(20)13-4-2-12(3-5-13)14-10-15(14)17/h2-5,14-15H,6-11H2,1H3/t14-,15-/m0/s1. The van der Waals surface area contributed by atoms with Crippen LogP contribution in [0.25, 0.3) is 0 Å². The third-order valence-electron chi connectivity index (χ3n) is 4.34. The van der Waals surface area contributed by atoms with Gasteiger partial charge in [0.1, 0.15) is 0 Å². The van der Waals surface area contributed by atoms with Crippen molar-refractivity contribution in [3.8, 4) is 0 Å². The Morgan fingerprint density at radius 2 is 1.80 bits per heavy atom. The summed E-state index contributed by atoms with van der Waals surface area (Å²) >= 11 is 3.63. The molecule has 0 spiro atoms. The van der Waals surface area contributed by atoms with E-state index in [0.717, 1.165) is 31.7 Å². The second-order valence-corrected chi connectivity index (χ2v) is 7.16. The number of hydrogen-bond donors (Lipinski definition) is 0. The number of carbonyl (C=O) groups excluding carboxylic acids is 1. The predicted molar refractivity (Wildman–Crippen MR) is 84.8 cm³/mol. The fourth-order valence-corrected chi connectivity index (χ4v) is 3.43. The third kappa shape index (κ3) is 3.30. The lowest BCUT2D eigenvalue weighted by atomic mass is 10.1. The molecule has 1 heterocycles. The number of benzene rings is 1. The van der Waals surface area contributed by atoms with E-state index in [9.17, 15) is 4.79 Å². The number of hydrogen-bond acceptors (Lipinski definition) is 3. The second-order valence-electron chi connectivity index (χ2n) is 5.98. The lowest BCUT2D eigenvalue weighted by Gasteiger charge is -2.31. The summed E-state index contributed by atoms with van der Waals surface area (Å²) in [5.41, 5.74) is 2.20. The minimum absolute atomic E-state index is 0.243. The van der Waals surface area contributed by atoms with Crippen LogP contribution in [0.2, 0.25) is 0 Å². The summed E-state index contributed by atoms with van der Waals surface area (Å²) in [6, 6.07) is 8.21. The maximum atomic E-state index is 12.3. The molecule has 1 aromatic carbocycles. The molecule has 1 aliphatic heterocycles. The highest BCUT2D eigenvalue weighted by atomic mass is 79.9. The second kappa shape index (κ2) is 5.96. The van der Waals surface area contributed by atoms with Gasteiger partial charge in [0.05, 0.1) is 6.54 Å². The van der Waals surface area contributed by atoms with Gasteiger partial charge in [-0.2, -0.15) is 0 Å². The van der Waals surface area contributed by atoms with E-state index in [4.69, 9.17) is 0 Å². The highest BCUT2D eigenvalue weighted by Gasteiger charge is 2.35. The normalized spacial score (nSPS) is 27.5. The molecule has 3 rings (SSSR count). The lowest BCUT2D eigenvalue weighted by molar-refractivity contribution is 0.0876. The monoisotopic (exact) mass is 336 g/mol. The smallest absolute Gasteiger partial charge is 0.176 e. The van der Waals surface area contributed by atoms with Gasteiger partial charge in [0.25, 0.3) is 0 Å². The summed E-state index contributed by atoms with van der Waals surface area (Å²) in [7, 11) is 2.13. The van der Waals surface area contributed by atoms with Crippen LogP contribution in [0, 0.1) is 0 Å². The number of Topliss-reactive ketones (excluding diaryl/α,β-unsaturated/α-hetero) is 1. The van der Waals surface area contributed by atoms with Crippen LogP contribution in [0.1, 0.15) is 28.3 Å². The molecule has 2 aliphatic rings. The average molecular weight is 337 g/mol. The van der Waals surface area contributed by atoms with Crippen molar-refractivity contribution in [1.82, 2.24) is 9.80 Å². The Morgan fingerprint density at radius 1 is 1.20 bits per heavy atom. The van der Waals surface area contributed by atoms with E-state index in [2.05, 4.69) is 44.9 Å². The number of likely N-dealkylation sites (N-methyl/N-ethyl adjacent to an activating group) is 1. The Kier molecular flexibility index (Phi) is 4.24. The van der Waals surface area contributed by atoms with E-state index < -0.39 is 0 Å². The van der Waals surface area contributed by atoms with E-state index in [1.807, 2.05) is 12.1 Å². The van der Waals surface area contributed by atoms with Gasteiger partial charge >= 0.3 is 0 Å². The molecule has 0 N–H and O–H groups in total. The SMILES string of the molecule is CN1CCN(CC(=O)c2ccc([C@@H]3C[C@@H]3Br)cc2)CC1.